The molecule has 2 rings (SSSR count). The fourth-order valence-corrected chi connectivity index (χ4v) is 4.75. The number of benzene rings is 2. The van der Waals surface area contributed by atoms with Gasteiger partial charge in [-0.2, -0.15) is 0 Å². The molecule has 0 aliphatic carbocycles. The molecule has 0 aliphatic heterocycles. The smallest absolute Gasteiger partial charge is 0.329 e. The SMILES string of the molecule is CCCCCCCCCCCCCC(CP(=O)(O)O)Oc1cccc2ccccc12. The third kappa shape index (κ3) is 10.1. The van der Waals surface area contributed by atoms with E-state index in [1.807, 2.05) is 42.5 Å². The second kappa shape index (κ2) is 13.9. The van der Waals surface area contributed by atoms with Crippen molar-refractivity contribution in [2.24, 2.45) is 0 Å². The summed E-state index contributed by atoms with van der Waals surface area (Å²) in [5.74, 6) is 0.703. The Hall–Kier alpha value is -1.35. The predicted molar refractivity (Wildman–Crippen MR) is 126 cm³/mol. The zero-order chi connectivity index (χ0) is 21.7. The highest BCUT2D eigenvalue weighted by atomic mass is 31.2. The van der Waals surface area contributed by atoms with Crippen molar-refractivity contribution >= 4 is 18.4 Å². The number of hydrogen-bond acceptors (Lipinski definition) is 2. The van der Waals surface area contributed by atoms with E-state index >= 15 is 0 Å². The zero-order valence-corrected chi connectivity index (χ0v) is 19.4. The molecule has 0 heterocycles. The van der Waals surface area contributed by atoms with Crippen molar-refractivity contribution in [3.05, 3.63) is 42.5 Å². The largest absolute Gasteiger partial charge is 0.489 e. The third-order valence-electron chi connectivity index (χ3n) is 5.61. The molecule has 2 N–H and O–H groups in total. The van der Waals surface area contributed by atoms with Gasteiger partial charge in [0.05, 0.1) is 6.16 Å². The minimum atomic E-state index is -4.13. The Morgan fingerprint density at radius 2 is 1.37 bits per heavy atom. The lowest BCUT2D eigenvalue weighted by Gasteiger charge is -2.21. The van der Waals surface area contributed by atoms with E-state index in [0.717, 1.165) is 23.6 Å². The van der Waals surface area contributed by atoms with Crippen LogP contribution in [0.4, 0.5) is 0 Å². The maximum absolute atomic E-state index is 11.6. The first-order valence-electron chi connectivity index (χ1n) is 11.7. The van der Waals surface area contributed by atoms with Crippen LogP contribution in [-0.2, 0) is 4.57 Å². The minimum Gasteiger partial charge on any atom is -0.489 e. The van der Waals surface area contributed by atoms with E-state index in [1.165, 1.54) is 57.8 Å². The van der Waals surface area contributed by atoms with Crippen LogP contribution in [0.25, 0.3) is 10.8 Å². The van der Waals surface area contributed by atoms with Crippen molar-refractivity contribution in [2.75, 3.05) is 6.16 Å². The summed E-state index contributed by atoms with van der Waals surface area (Å²) < 4.78 is 17.7. The number of fused-ring (bicyclic) bond motifs is 1. The van der Waals surface area contributed by atoms with Gasteiger partial charge in [-0.05, 0) is 24.3 Å². The Morgan fingerprint density at radius 3 is 2.00 bits per heavy atom. The highest BCUT2D eigenvalue weighted by Crippen LogP contribution is 2.38. The molecule has 0 amide bonds. The molecule has 0 bridgehead atoms. The van der Waals surface area contributed by atoms with Crippen LogP contribution < -0.4 is 4.74 Å². The average molecular weight is 435 g/mol. The molecule has 1 atom stereocenters. The molecule has 0 saturated carbocycles. The van der Waals surface area contributed by atoms with E-state index < -0.39 is 13.7 Å². The van der Waals surface area contributed by atoms with Crippen LogP contribution in [0.15, 0.2) is 42.5 Å². The van der Waals surface area contributed by atoms with Crippen LogP contribution >= 0.6 is 7.60 Å². The first-order valence-corrected chi connectivity index (χ1v) is 13.5. The number of ether oxygens (including phenoxy) is 1. The molecule has 4 nitrogen and oxygen atoms in total. The molecule has 0 spiro atoms. The molecule has 30 heavy (non-hydrogen) atoms. The lowest BCUT2D eigenvalue weighted by atomic mass is 10.0. The first-order chi connectivity index (χ1) is 14.5. The van der Waals surface area contributed by atoms with E-state index in [1.54, 1.807) is 0 Å². The summed E-state index contributed by atoms with van der Waals surface area (Å²) in [6.07, 6.45) is 13.8. The lowest BCUT2D eigenvalue weighted by molar-refractivity contribution is 0.202. The maximum atomic E-state index is 11.6. The highest BCUT2D eigenvalue weighted by Gasteiger charge is 2.23. The van der Waals surface area contributed by atoms with E-state index in [9.17, 15) is 14.4 Å². The lowest BCUT2D eigenvalue weighted by Crippen LogP contribution is -2.21. The van der Waals surface area contributed by atoms with Crippen LogP contribution in [-0.4, -0.2) is 22.1 Å². The molecule has 1 unspecified atom stereocenters. The third-order valence-corrected chi connectivity index (χ3v) is 6.50. The molecular weight excluding hydrogens is 395 g/mol. The fraction of sp³-hybridized carbons (Fsp3) is 0.600. The van der Waals surface area contributed by atoms with E-state index in [-0.39, 0.29) is 6.16 Å². The van der Waals surface area contributed by atoms with Gasteiger partial charge in [-0.1, -0.05) is 108 Å². The van der Waals surface area contributed by atoms with Gasteiger partial charge in [-0.25, -0.2) is 0 Å². The second-order valence-corrected chi connectivity index (χ2v) is 10.1. The Labute approximate surface area is 182 Å². The first kappa shape index (κ1) is 24.9. The van der Waals surface area contributed by atoms with E-state index in [4.69, 9.17) is 4.74 Å². The average Bonchev–Trinajstić information content (AvgIpc) is 2.71. The Balaban J connectivity index is 1.74. The van der Waals surface area contributed by atoms with E-state index in [0.29, 0.717) is 12.2 Å². The predicted octanol–water partition coefficient (Wildman–Crippen LogP) is 7.47. The molecule has 0 radical (unpaired) electrons. The van der Waals surface area contributed by atoms with Crippen LogP contribution in [0, 0.1) is 0 Å². The van der Waals surface area contributed by atoms with Crippen LogP contribution in [0.1, 0.15) is 84.0 Å². The monoisotopic (exact) mass is 434 g/mol. The molecule has 2 aromatic carbocycles. The summed E-state index contributed by atoms with van der Waals surface area (Å²) in [6, 6.07) is 13.8. The molecule has 5 heteroatoms. The van der Waals surface area contributed by atoms with Gasteiger partial charge in [0.2, 0.25) is 0 Å². The normalized spacial score (nSPS) is 12.9. The molecule has 0 aromatic heterocycles. The van der Waals surface area contributed by atoms with Gasteiger partial charge >= 0.3 is 7.60 Å². The van der Waals surface area contributed by atoms with Gasteiger partial charge in [0.25, 0.3) is 0 Å². The number of hydrogen-bond donors (Lipinski definition) is 2. The summed E-state index contributed by atoms with van der Waals surface area (Å²) >= 11 is 0. The summed E-state index contributed by atoms with van der Waals surface area (Å²) in [5.41, 5.74) is 0. The van der Waals surface area contributed by atoms with Crippen molar-refractivity contribution in [2.45, 2.75) is 90.1 Å². The number of unbranched alkanes of at least 4 members (excludes halogenated alkanes) is 10. The summed E-state index contributed by atoms with van der Waals surface area (Å²) in [5, 5.41) is 2.05. The highest BCUT2D eigenvalue weighted by molar-refractivity contribution is 7.51. The van der Waals surface area contributed by atoms with Crippen molar-refractivity contribution in [3.8, 4) is 5.75 Å². The number of rotatable bonds is 16. The standard InChI is InChI=1S/C25H39O4P/c1-2-3-4-5-6-7-8-9-10-11-12-18-23(21-30(26,27)28)29-25-20-15-17-22-16-13-14-19-24(22)25/h13-17,19-20,23H,2-12,18,21H2,1H3,(H2,26,27,28). The van der Waals surface area contributed by atoms with Crippen LogP contribution in [0.3, 0.4) is 0 Å². The van der Waals surface area contributed by atoms with Crippen LogP contribution in [0.2, 0.25) is 0 Å². The Bertz CT molecular complexity index is 765. The molecule has 168 valence electrons. The minimum absolute atomic E-state index is 0.228. The van der Waals surface area contributed by atoms with Crippen molar-refractivity contribution in [3.63, 3.8) is 0 Å². The molecule has 0 fully saturated rings. The molecule has 0 aliphatic rings. The van der Waals surface area contributed by atoms with Gasteiger partial charge in [0.15, 0.2) is 0 Å². The van der Waals surface area contributed by atoms with Crippen LogP contribution in [0.5, 0.6) is 5.75 Å². The van der Waals surface area contributed by atoms with Gasteiger partial charge in [-0.3, -0.25) is 4.57 Å². The Kier molecular flexibility index (Phi) is 11.5. The topological polar surface area (TPSA) is 66.8 Å². The fourth-order valence-electron chi connectivity index (χ4n) is 3.97. The summed E-state index contributed by atoms with van der Waals surface area (Å²) in [4.78, 5) is 19.0. The summed E-state index contributed by atoms with van der Waals surface area (Å²) in [7, 11) is -4.13. The second-order valence-electron chi connectivity index (χ2n) is 8.39. The van der Waals surface area contributed by atoms with E-state index in [2.05, 4.69) is 6.92 Å². The molecule has 0 saturated heterocycles. The van der Waals surface area contributed by atoms with Gasteiger partial charge in [0, 0.05) is 5.39 Å². The van der Waals surface area contributed by atoms with Crippen molar-refractivity contribution in [1.29, 1.82) is 0 Å². The quantitative estimate of drug-likeness (QED) is 0.212. The summed E-state index contributed by atoms with van der Waals surface area (Å²) in [6.45, 7) is 2.25. The molecular formula is C25H39O4P. The molecule has 2 aromatic rings. The van der Waals surface area contributed by atoms with Gasteiger partial charge in [0.1, 0.15) is 11.9 Å². The maximum Gasteiger partial charge on any atom is 0.329 e. The zero-order valence-electron chi connectivity index (χ0n) is 18.5. The van der Waals surface area contributed by atoms with Gasteiger partial charge < -0.3 is 14.5 Å². The van der Waals surface area contributed by atoms with Crippen molar-refractivity contribution in [1.82, 2.24) is 0 Å². The van der Waals surface area contributed by atoms with Gasteiger partial charge in [-0.15, -0.1) is 0 Å². The Morgan fingerprint density at radius 1 is 0.800 bits per heavy atom. The van der Waals surface area contributed by atoms with Crippen molar-refractivity contribution < 1.29 is 19.1 Å².